The maximum atomic E-state index is 10.8. The van der Waals surface area contributed by atoms with E-state index >= 15 is 0 Å². The van der Waals surface area contributed by atoms with Gasteiger partial charge in [0, 0.05) is 0 Å². The first-order valence-corrected chi connectivity index (χ1v) is 4.79. The lowest BCUT2D eigenvalue weighted by molar-refractivity contribution is -0.144. The fraction of sp³-hybridized carbons (Fsp3) is 0.333. The Kier molecular flexibility index (Phi) is 2.75. The first kappa shape index (κ1) is 10.5. The molecule has 14 heavy (non-hydrogen) atoms. The standard InChI is InChI=1S/C6H6O7S/c1-4-11-5(7)2-3-6(8)13-14(9,10)12-4/h1-3H2. The number of hydrogen-bond acceptors (Lipinski definition) is 7. The lowest BCUT2D eigenvalue weighted by Gasteiger charge is -2.04. The fourth-order valence-electron chi connectivity index (χ4n) is 0.685. The van der Waals surface area contributed by atoms with Crippen LogP contribution in [0.4, 0.5) is 0 Å². The SMILES string of the molecule is C=C1OC(=O)CCC(=O)OS(=O)(=O)O1. The van der Waals surface area contributed by atoms with Crippen LogP contribution in [0.15, 0.2) is 12.5 Å². The van der Waals surface area contributed by atoms with Crippen LogP contribution in [0.2, 0.25) is 0 Å². The van der Waals surface area contributed by atoms with E-state index in [4.69, 9.17) is 0 Å². The van der Waals surface area contributed by atoms with Gasteiger partial charge in [0.25, 0.3) is 5.95 Å². The minimum Gasteiger partial charge on any atom is -0.392 e. The van der Waals surface area contributed by atoms with Crippen molar-refractivity contribution in [2.75, 3.05) is 0 Å². The highest BCUT2D eigenvalue weighted by atomic mass is 32.3. The van der Waals surface area contributed by atoms with Crippen LogP contribution in [-0.4, -0.2) is 20.4 Å². The second-order valence-corrected chi connectivity index (χ2v) is 3.44. The molecule has 1 heterocycles. The molecule has 1 aliphatic heterocycles. The Morgan fingerprint density at radius 1 is 1.07 bits per heavy atom. The molecule has 0 bridgehead atoms. The van der Waals surface area contributed by atoms with Crippen molar-refractivity contribution in [2.24, 2.45) is 0 Å². The molecule has 0 aromatic carbocycles. The van der Waals surface area contributed by atoms with Crippen LogP contribution in [0.5, 0.6) is 0 Å². The molecule has 1 aliphatic rings. The third kappa shape index (κ3) is 3.05. The lowest BCUT2D eigenvalue weighted by atomic mass is 10.3. The molecule has 0 aliphatic carbocycles. The zero-order valence-corrected chi connectivity index (χ0v) is 7.70. The summed E-state index contributed by atoms with van der Waals surface area (Å²) in [6, 6.07) is 0. The molecule has 0 atom stereocenters. The molecule has 0 N–H and O–H groups in total. The van der Waals surface area contributed by atoms with Gasteiger partial charge in [0.1, 0.15) is 0 Å². The van der Waals surface area contributed by atoms with Crippen LogP contribution in [0.25, 0.3) is 0 Å². The number of hydrogen-bond donors (Lipinski definition) is 0. The number of carbonyl (C=O) groups is 2. The summed E-state index contributed by atoms with van der Waals surface area (Å²) in [7, 11) is -4.51. The molecule has 0 aromatic rings. The highest BCUT2D eigenvalue weighted by molar-refractivity contribution is 7.82. The smallest absolute Gasteiger partial charge is 0.392 e. The summed E-state index contributed by atoms with van der Waals surface area (Å²) in [5, 5.41) is 0. The summed E-state index contributed by atoms with van der Waals surface area (Å²) in [4.78, 5) is 21.5. The molecule has 0 amide bonds. The quantitative estimate of drug-likeness (QED) is 0.514. The largest absolute Gasteiger partial charge is 0.506 e. The third-order valence-corrected chi connectivity index (χ3v) is 1.93. The highest BCUT2D eigenvalue weighted by Gasteiger charge is 2.25. The summed E-state index contributed by atoms with van der Waals surface area (Å²) in [5.41, 5.74) is 0. The predicted octanol–water partition coefficient (Wildman–Crippen LogP) is -0.401. The lowest BCUT2D eigenvalue weighted by Crippen LogP contribution is -2.14. The Hall–Kier alpha value is -1.57. The molecule has 1 saturated heterocycles. The van der Waals surface area contributed by atoms with Gasteiger partial charge in [0.2, 0.25) is 0 Å². The van der Waals surface area contributed by atoms with Crippen LogP contribution in [-0.2, 0) is 33.1 Å². The zero-order chi connectivity index (χ0) is 10.8. The molecular weight excluding hydrogens is 216 g/mol. The summed E-state index contributed by atoms with van der Waals surface area (Å²) in [6.07, 6.45) is -0.689. The Bertz CT molecular complexity index is 379. The average molecular weight is 222 g/mol. The van der Waals surface area contributed by atoms with Crippen LogP contribution in [0.1, 0.15) is 12.8 Å². The van der Waals surface area contributed by atoms with Gasteiger partial charge in [0.15, 0.2) is 0 Å². The van der Waals surface area contributed by atoms with E-state index < -0.39 is 34.7 Å². The van der Waals surface area contributed by atoms with Crippen molar-refractivity contribution in [3.8, 4) is 0 Å². The van der Waals surface area contributed by atoms with E-state index in [-0.39, 0.29) is 6.42 Å². The third-order valence-electron chi connectivity index (χ3n) is 1.15. The van der Waals surface area contributed by atoms with Crippen molar-refractivity contribution >= 4 is 22.3 Å². The van der Waals surface area contributed by atoms with E-state index in [1.807, 2.05) is 0 Å². The van der Waals surface area contributed by atoms with Crippen molar-refractivity contribution in [1.82, 2.24) is 0 Å². The van der Waals surface area contributed by atoms with Crippen molar-refractivity contribution < 1.29 is 31.1 Å². The first-order valence-electron chi connectivity index (χ1n) is 3.45. The van der Waals surface area contributed by atoms with Gasteiger partial charge in [0.05, 0.1) is 12.8 Å². The summed E-state index contributed by atoms with van der Waals surface area (Å²) in [6.45, 7) is 2.99. The van der Waals surface area contributed by atoms with Crippen molar-refractivity contribution in [2.45, 2.75) is 12.8 Å². The molecule has 7 nitrogen and oxygen atoms in total. The zero-order valence-electron chi connectivity index (χ0n) is 6.89. The minimum absolute atomic E-state index is 0.295. The van der Waals surface area contributed by atoms with Gasteiger partial charge in [-0.1, -0.05) is 0 Å². The molecule has 0 unspecified atom stereocenters. The Balaban J connectivity index is 2.87. The summed E-state index contributed by atoms with van der Waals surface area (Å²) < 4.78 is 33.7. The first-order chi connectivity index (χ1) is 6.39. The average Bonchev–Trinajstić information content (AvgIpc) is 2.00. The number of cyclic esters (lactones) is 1. The molecule has 0 spiro atoms. The van der Waals surface area contributed by atoms with E-state index in [0.717, 1.165) is 0 Å². The molecule has 1 rings (SSSR count). The number of ether oxygens (including phenoxy) is 1. The van der Waals surface area contributed by atoms with Crippen molar-refractivity contribution in [3.63, 3.8) is 0 Å². The summed E-state index contributed by atoms with van der Waals surface area (Å²) >= 11 is 0. The van der Waals surface area contributed by atoms with Gasteiger partial charge in [-0.2, -0.15) is 0 Å². The van der Waals surface area contributed by atoms with E-state index in [1.165, 1.54) is 0 Å². The van der Waals surface area contributed by atoms with Crippen LogP contribution < -0.4 is 0 Å². The second-order valence-electron chi connectivity index (χ2n) is 2.29. The molecule has 78 valence electrons. The van der Waals surface area contributed by atoms with Gasteiger partial charge in [-0.3, -0.25) is 9.59 Å². The Labute approximate surface area is 79.6 Å². The maximum absolute atomic E-state index is 10.8. The monoisotopic (exact) mass is 222 g/mol. The van der Waals surface area contributed by atoms with Gasteiger partial charge >= 0.3 is 22.3 Å². The van der Waals surface area contributed by atoms with E-state index in [0.29, 0.717) is 0 Å². The second kappa shape index (κ2) is 3.66. The predicted molar refractivity (Wildman–Crippen MR) is 40.6 cm³/mol. The van der Waals surface area contributed by atoms with Gasteiger partial charge < -0.3 is 13.1 Å². The molecule has 0 aromatic heterocycles. The van der Waals surface area contributed by atoms with Crippen LogP contribution in [0, 0.1) is 0 Å². The Morgan fingerprint density at radius 2 is 1.64 bits per heavy atom. The maximum Gasteiger partial charge on any atom is 0.506 e. The molecule has 0 radical (unpaired) electrons. The summed E-state index contributed by atoms with van der Waals surface area (Å²) in [5.74, 6) is -2.65. The Morgan fingerprint density at radius 3 is 2.29 bits per heavy atom. The van der Waals surface area contributed by atoms with E-state index in [9.17, 15) is 18.0 Å². The van der Waals surface area contributed by atoms with Gasteiger partial charge in [-0.05, 0) is 6.58 Å². The molecule has 1 fully saturated rings. The van der Waals surface area contributed by atoms with Crippen LogP contribution >= 0.6 is 0 Å². The number of carbonyl (C=O) groups excluding carboxylic acids is 2. The highest BCUT2D eigenvalue weighted by Crippen LogP contribution is 2.12. The fourth-order valence-corrected chi connectivity index (χ4v) is 1.29. The number of rotatable bonds is 0. The topological polar surface area (TPSA) is 96.0 Å². The van der Waals surface area contributed by atoms with E-state index in [1.54, 1.807) is 0 Å². The van der Waals surface area contributed by atoms with Gasteiger partial charge in [-0.15, -0.1) is 8.42 Å². The minimum atomic E-state index is -4.51. The molecular formula is C6H6O7S. The molecule has 0 saturated carbocycles. The van der Waals surface area contributed by atoms with E-state index in [2.05, 4.69) is 19.7 Å². The van der Waals surface area contributed by atoms with Crippen LogP contribution in [0.3, 0.4) is 0 Å². The van der Waals surface area contributed by atoms with Crippen molar-refractivity contribution in [3.05, 3.63) is 12.5 Å². The van der Waals surface area contributed by atoms with Crippen molar-refractivity contribution in [1.29, 1.82) is 0 Å². The molecule has 8 heteroatoms. The number of esters is 1. The van der Waals surface area contributed by atoms with Gasteiger partial charge in [-0.25, -0.2) is 0 Å². The normalized spacial score (nSPS) is 22.1.